The number of aromatic nitrogens is 4. The number of hydrogen-bond donors (Lipinski definition) is 4. The van der Waals surface area contributed by atoms with E-state index in [9.17, 15) is 15.3 Å². The molecule has 3 heterocycles. The van der Waals surface area contributed by atoms with Gasteiger partial charge in [0, 0.05) is 12.6 Å². The Morgan fingerprint density at radius 2 is 1.92 bits per heavy atom. The van der Waals surface area contributed by atoms with E-state index < -0.39 is 31.1 Å². The van der Waals surface area contributed by atoms with Crippen LogP contribution in [0.25, 0.3) is 22.6 Å². The SMILES string of the molecule is CNc1nc(-c2ccccc2)nc2c1ncn2[C@@H]1O[C@H](CO)[C@H](O)C1O. The molecule has 1 unspecified atom stereocenters. The zero-order valence-corrected chi connectivity index (χ0v) is 14.0. The molecule has 1 aliphatic rings. The number of aliphatic hydroxyl groups excluding tert-OH is 3. The van der Waals surface area contributed by atoms with E-state index in [2.05, 4.69) is 20.3 Å². The van der Waals surface area contributed by atoms with Crippen molar-refractivity contribution in [3.8, 4) is 11.4 Å². The highest BCUT2D eigenvalue weighted by Gasteiger charge is 2.44. The Morgan fingerprint density at radius 1 is 1.15 bits per heavy atom. The van der Waals surface area contributed by atoms with Gasteiger partial charge in [-0.3, -0.25) is 4.57 Å². The van der Waals surface area contributed by atoms with Crippen LogP contribution in [0.3, 0.4) is 0 Å². The monoisotopic (exact) mass is 357 g/mol. The van der Waals surface area contributed by atoms with E-state index in [1.807, 2.05) is 30.3 Å². The van der Waals surface area contributed by atoms with Crippen molar-refractivity contribution in [2.24, 2.45) is 0 Å². The molecule has 0 saturated carbocycles. The second kappa shape index (κ2) is 6.61. The molecule has 9 heteroatoms. The summed E-state index contributed by atoms with van der Waals surface area (Å²) in [5, 5.41) is 32.6. The summed E-state index contributed by atoms with van der Waals surface area (Å²) in [6.45, 7) is -0.395. The molecule has 4 N–H and O–H groups in total. The normalized spacial score (nSPS) is 25.7. The van der Waals surface area contributed by atoms with Crippen molar-refractivity contribution in [3.63, 3.8) is 0 Å². The summed E-state index contributed by atoms with van der Waals surface area (Å²) >= 11 is 0. The fourth-order valence-corrected chi connectivity index (χ4v) is 3.10. The highest BCUT2D eigenvalue weighted by molar-refractivity contribution is 5.85. The number of rotatable bonds is 4. The molecule has 1 saturated heterocycles. The number of ether oxygens (including phenoxy) is 1. The van der Waals surface area contributed by atoms with Crippen LogP contribution in [-0.4, -0.2) is 66.8 Å². The lowest BCUT2D eigenvalue weighted by atomic mass is 10.1. The molecule has 4 rings (SSSR count). The lowest BCUT2D eigenvalue weighted by Gasteiger charge is -2.17. The van der Waals surface area contributed by atoms with E-state index in [-0.39, 0.29) is 0 Å². The summed E-state index contributed by atoms with van der Waals surface area (Å²) in [5.41, 5.74) is 1.81. The van der Waals surface area contributed by atoms with Crippen LogP contribution < -0.4 is 5.32 Å². The Balaban J connectivity index is 1.84. The first-order chi connectivity index (χ1) is 12.6. The molecule has 0 spiro atoms. The highest BCUT2D eigenvalue weighted by atomic mass is 16.6. The van der Waals surface area contributed by atoms with Crippen LogP contribution in [0.15, 0.2) is 36.7 Å². The van der Waals surface area contributed by atoms with Crippen LogP contribution in [0, 0.1) is 0 Å². The molecule has 2 aromatic heterocycles. The van der Waals surface area contributed by atoms with Crippen LogP contribution in [-0.2, 0) is 4.74 Å². The minimum atomic E-state index is -1.21. The number of anilines is 1. The van der Waals surface area contributed by atoms with Crippen molar-refractivity contribution in [1.82, 2.24) is 19.5 Å². The van der Waals surface area contributed by atoms with Gasteiger partial charge in [0.05, 0.1) is 12.9 Å². The summed E-state index contributed by atoms with van der Waals surface area (Å²) in [5.74, 6) is 1.04. The minimum absolute atomic E-state index is 0.395. The number of hydrogen-bond acceptors (Lipinski definition) is 8. The van der Waals surface area contributed by atoms with E-state index in [4.69, 9.17) is 4.74 Å². The van der Waals surface area contributed by atoms with E-state index in [0.717, 1.165) is 5.56 Å². The first-order valence-corrected chi connectivity index (χ1v) is 8.24. The maximum atomic E-state index is 10.3. The standard InChI is InChI=1S/C17H19N5O4/c1-18-15-11-16(21-14(20-15)9-5-3-2-4-6-9)22(8-19-11)17-13(25)12(24)10(7-23)26-17/h2-6,8,10,12-13,17,23-25H,7H2,1H3,(H,18,20,21)/t10-,12+,13?,17-/m1/s1. The van der Waals surface area contributed by atoms with Gasteiger partial charge in [0.1, 0.15) is 18.3 Å². The molecule has 0 bridgehead atoms. The third-order valence-electron chi connectivity index (χ3n) is 4.48. The predicted molar refractivity (Wildman–Crippen MR) is 93.3 cm³/mol. The third kappa shape index (κ3) is 2.61. The van der Waals surface area contributed by atoms with Crippen molar-refractivity contribution in [2.75, 3.05) is 19.0 Å². The van der Waals surface area contributed by atoms with Crippen molar-refractivity contribution >= 4 is 17.0 Å². The zero-order valence-electron chi connectivity index (χ0n) is 14.0. The van der Waals surface area contributed by atoms with E-state index in [0.29, 0.717) is 22.8 Å². The Labute approximate surface area is 148 Å². The summed E-state index contributed by atoms with van der Waals surface area (Å²) in [7, 11) is 1.74. The van der Waals surface area contributed by atoms with E-state index >= 15 is 0 Å². The van der Waals surface area contributed by atoms with Gasteiger partial charge < -0.3 is 25.4 Å². The van der Waals surface area contributed by atoms with Crippen molar-refractivity contribution in [3.05, 3.63) is 36.7 Å². The number of nitrogens with one attached hydrogen (secondary N) is 1. The van der Waals surface area contributed by atoms with Crippen LogP contribution >= 0.6 is 0 Å². The molecular weight excluding hydrogens is 338 g/mol. The fourth-order valence-electron chi connectivity index (χ4n) is 3.10. The average molecular weight is 357 g/mol. The molecular formula is C17H19N5O4. The largest absolute Gasteiger partial charge is 0.394 e. The number of fused-ring (bicyclic) bond motifs is 1. The van der Waals surface area contributed by atoms with Gasteiger partial charge in [-0.15, -0.1) is 0 Å². The lowest BCUT2D eigenvalue weighted by molar-refractivity contribution is -0.0511. The summed E-state index contributed by atoms with van der Waals surface area (Å²) in [4.78, 5) is 13.4. The molecule has 3 aromatic rings. The Kier molecular flexibility index (Phi) is 4.29. The van der Waals surface area contributed by atoms with Crippen LogP contribution in [0.5, 0.6) is 0 Å². The smallest absolute Gasteiger partial charge is 0.168 e. The van der Waals surface area contributed by atoms with Gasteiger partial charge in [-0.05, 0) is 0 Å². The minimum Gasteiger partial charge on any atom is -0.394 e. The maximum Gasteiger partial charge on any atom is 0.168 e. The fraction of sp³-hybridized carbons (Fsp3) is 0.353. The van der Waals surface area contributed by atoms with E-state index in [1.165, 1.54) is 6.33 Å². The molecule has 26 heavy (non-hydrogen) atoms. The Bertz CT molecular complexity index is 916. The van der Waals surface area contributed by atoms with Gasteiger partial charge in [-0.2, -0.15) is 0 Å². The molecule has 0 radical (unpaired) electrons. The van der Waals surface area contributed by atoms with Gasteiger partial charge in [-0.1, -0.05) is 30.3 Å². The molecule has 9 nitrogen and oxygen atoms in total. The molecule has 0 amide bonds. The van der Waals surface area contributed by atoms with Crippen molar-refractivity contribution in [1.29, 1.82) is 0 Å². The van der Waals surface area contributed by atoms with Gasteiger partial charge >= 0.3 is 0 Å². The maximum absolute atomic E-state index is 10.3. The second-order valence-corrected chi connectivity index (χ2v) is 6.06. The lowest BCUT2D eigenvalue weighted by Crippen LogP contribution is -2.33. The van der Waals surface area contributed by atoms with Gasteiger partial charge in [0.2, 0.25) is 0 Å². The predicted octanol–water partition coefficient (Wildman–Crippen LogP) is 0.146. The van der Waals surface area contributed by atoms with E-state index in [1.54, 1.807) is 11.6 Å². The first kappa shape index (κ1) is 16.9. The number of benzene rings is 1. The topological polar surface area (TPSA) is 126 Å². The van der Waals surface area contributed by atoms with Crippen LogP contribution in [0.1, 0.15) is 6.23 Å². The van der Waals surface area contributed by atoms with Crippen LogP contribution in [0.4, 0.5) is 5.82 Å². The average Bonchev–Trinajstić information content (AvgIpc) is 3.23. The molecule has 136 valence electrons. The molecule has 1 aliphatic heterocycles. The van der Waals surface area contributed by atoms with Crippen LogP contribution in [0.2, 0.25) is 0 Å². The zero-order chi connectivity index (χ0) is 18.3. The van der Waals surface area contributed by atoms with Crippen molar-refractivity contribution in [2.45, 2.75) is 24.5 Å². The van der Waals surface area contributed by atoms with Gasteiger partial charge in [0.15, 0.2) is 29.0 Å². The number of nitrogens with zero attached hydrogens (tertiary/aromatic N) is 4. The third-order valence-corrected chi connectivity index (χ3v) is 4.48. The summed E-state index contributed by atoms with van der Waals surface area (Å²) in [6.07, 6.45) is -2.70. The summed E-state index contributed by atoms with van der Waals surface area (Å²) < 4.78 is 7.15. The van der Waals surface area contributed by atoms with Gasteiger partial charge in [-0.25, -0.2) is 15.0 Å². The number of aliphatic hydroxyl groups is 3. The Hall–Kier alpha value is -2.59. The Morgan fingerprint density at radius 3 is 2.58 bits per heavy atom. The molecule has 4 atom stereocenters. The highest BCUT2D eigenvalue weighted by Crippen LogP contribution is 2.33. The molecule has 0 aliphatic carbocycles. The van der Waals surface area contributed by atoms with Crippen molar-refractivity contribution < 1.29 is 20.1 Å². The second-order valence-electron chi connectivity index (χ2n) is 6.06. The first-order valence-electron chi connectivity index (χ1n) is 8.24. The molecule has 1 aromatic carbocycles. The molecule has 1 fully saturated rings. The van der Waals surface area contributed by atoms with Gasteiger partial charge in [0.25, 0.3) is 0 Å². The summed E-state index contributed by atoms with van der Waals surface area (Å²) in [6, 6.07) is 9.49. The number of imidazole rings is 1. The quantitative estimate of drug-likeness (QED) is 0.520.